The van der Waals surface area contributed by atoms with Gasteiger partial charge in [-0.2, -0.15) is 4.89 Å². The standard InChI is InChI=1S/C17H34O2S2/c1-2-3-4-5-6-7-8-9-10-11-12-13-14-15-16-18-19-17(20)21/h2-16H2,1H3,(H,20,21). The van der Waals surface area contributed by atoms with E-state index in [1.54, 1.807) is 0 Å². The average molecular weight is 335 g/mol. The van der Waals surface area contributed by atoms with Gasteiger partial charge in [0.15, 0.2) is 0 Å². The van der Waals surface area contributed by atoms with Crippen molar-refractivity contribution in [1.82, 2.24) is 0 Å². The molecule has 0 unspecified atom stereocenters. The van der Waals surface area contributed by atoms with Gasteiger partial charge in [0.25, 0.3) is 4.38 Å². The largest absolute Gasteiger partial charge is 0.319 e. The van der Waals surface area contributed by atoms with Crippen LogP contribution in [0.15, 0.2) is 0 Å². The number of thiol groups is 1. The molecule has 0 N–H and O–H groups in total. The molecule has 0 aliphatic heterocycles. The van der Waals surface area contributed by atoms with E-state index < -0.39 is 0 Å². The van der Waals surface area contributed by atoms with E-state index in [4.69, 9.17) is 4.89 Å². The number of hydrogen-bond acceptors (Lipinski definition) is 3. The molecular weight excluding hydrogens is 300 g/mol. The zero-order valence-electron chi connectivity index (χ0n) is 13.8. The number of hydrogen-bond donors (Lipinski definition) is 1. The Hall–Kier alpha value is 0.200. The number of thiocarbonyl (C=S) groups is 1. The van der Waals surface area contributed by atoms with E-state index >= 15 is 0 Å². The molecule has 0 saturated carbocycles. The predicted molar refractivity (Wildman–Crippen MR) is 98.9 cm³/mol. The molecule has 0 saturated heterocycles. The summed E-state index contributed by atoms with van der Waals surface area (Å²) in [5.41, 5.74) is 0. The van der Waals surface area contributed by atoms with E-state index in [1.165, 1.54) is 83.5 Å². The molecule has 0 fully saturated rings. The van der Waals surface area contributed by atoms with Gasteiger partial charge in [0.2, 0.25) is 0 Å². The summed E-state index contributed by atoms with van der Waals surface area (Å²) in [5, 5.41) is 0. The van der Waals surface area contributed by atoms with Crippen LogP contribution in [0.25, 0.3) is 0 Å². The van der Waals surface area contributed by atoms with Crippen molar-refractivity contribution in [2.24, 2.45) is 0 Å². The Morgan fingerprint density at radius 3 is 1.48 bits per heavy atom. The van der Waals surface area contributed by atoms with Gasteiger partial charge in [-0.1, -0.05) is 103 Å². The molecule has 0 aromatic rings. The topological polar surface area (TPSA) is 18.5 Å². The number of unbranched alkanes of at least 4 members (excludes halogenated alkanes) is 13. The van der Waals surface area contributed by atoms with Gasteiger partial charge in [-0.25, -0.2) is 0 Å². The summed E-state index contributed by atoms with van der Waals surface area (Å²) in [6.07, 6.45) is 19.1. The summed E-state index contributed by atoms with van der Waals surface area (Å²) in [4.78, 5) is 9.54. The first-order chi connectivity index (χ1) is 10.3. The molecule has 0 atom stereocenters. The van der Waals surface area contributed by atoms with Crippen LogP contribution in [0.4, 0.5) is 0 Å². The van der Waals surface area contributed by atoms with Gasteiger partial charge in [-0.3, -0.25) is 0 Å². The minimum absolute atomic E-state index is 0.153. The lowest BCUT2D eigenvalue weighted by Gasteiger charge is -2.04. The maximum absolute atomic E-state index is 4.88. The molecule has 0 rings (SSSR count). The Kier molecular flexibility index (Phi) is 18.4. The van der Waals surface area contributed by atoms with Gasteiger partial charge in [0, 0.05) is 0 Å². The highest BCUT2D eigenvalue weighted by atomic mass is 32.1. The van der Waals surface area contributed by atoms with Crippen LogP contribution in [0.5, 0.6) is 0 Å². The second-order valence-electron chi connectivity index (χ2n) is 5.77. The van der Waals surface area contributed by atoms with Crippen LogP contribution in [-0.2, 0) is 9.78 Å². The van der Waals surface area contributed by atoms with Crippen LogP contribution in [0.2, 0.25) is 0 Å². The summed E-state index contributed by atoms with van der Waals surface area (Å²) in [7, 11) is 0. The summed E-state index contributed by atoms with van der Waals surface area (Å²) in [6.45, 7) is 2.89. The highest BCUT2D eigenvalue weighted by Crippen LogP contribution is 2.12. The SMILES string of the molecule is CCCCCCCCCCCCCCCCOOC(=S)S. The van der Waals surface area contributed by atoms with Crippen molar-refractivity contribution in [1.29, 1.82) is 0 Å². The Morgan fingerprint density at radius 2 is 1.10 bits per heavy atom. The van der Waals surface area contributed by atoms with Crippen molar-refractivity contribution in [3.05, 3.63) is 0 Å². The molecule has 0 aromatic heterocycles. The molecule has 21 heavy (non-hydrogen) atoms. The average Bonchev–Trinajstić information content (AvgIpc) is 2.46. The monoisotopic (exact) mass is 334 g/mol. The third kappa shape index (κ3) is 20.2. The first-order valence-electron chi connectivity index (χ1n) is 8.79. The van der Waals surface area contributed by atoms with Gasteiger partial charge in [0.1, 0.15) is 0 Å². The van der Waals surface area contributed by atoms with Gasteiger partial charge in [-0.05, 0) is 18.6 Å². The third-order valence-corrected chi connectivity index (χ3v) is 3.85. The van der Waals surface area contributed by atoms with Crippen LogP contribution in [0.1, 0.15) is 96.8 Å². The van der Waals surface area contributed by atoms with Crippen molar-refractivity contribution >= 4 is 29.2 Å². The molecule has 0 heterocycles. The summed E-state index contributed by atoms with van der Waals surface area (Å²) in [5.74, 6) is 0. The lowest BCUT2D eigenvalue weighted by atomic mass is 10.0. The second kappa shape index (κ2) is 18.2. The highest BCUT2D eigenvalue weighted by molar-refractivity contribution is 8.10. The third-order valence-electron chi connectivity index (χ3n) is 3.71. The van der Waals surface area contributed by atoms with E-state index in [-0.39, 0.29) is 4.38 Å². The van der Waals surface area contributed by atoms with Crippen molar-refractivity contribution in [2.45, 2.75) is 96.8 Å². The Labute approximate surface area is 142 Å². The zero-order valence-corrected chi connectivity index (χ0v) is 15.5. The highest BCUT2D eigenvalue weighted by Gasteiger charge is 1.95. The normalized spacial score (nSPS) is 10.8. The lowest BCUT2D eigenvalue weighted by molar-refractivity contribution is -0.216. The molecular formula is C17H34O2S2. The Bertz CT molecular complexity index is 223. The number of rotatable bonds is 16. The fourth-order valence-electron chi connectivity index (χ4n) is 2.45. The van der Waals surface area contributed by atoms with Crippen LogP contribution in [-0.4, -0.2) is 11.0 Å². The summed E-state index contributed by atoms with van der Waals surface area (Å²) >= 11 is 8.43. The van der Waals surface area contributed by atoms with Gasteiger partial charge in [0.05, 0.1) is 6.61 Å². The van der Waals surface area contributed by atoms with E-state index in [0.29, 0.717) is 6.61 Å². The van der Waals surface area contributed by atoms with Gasteiger partial charge >= 0.3 is 0 Å². The van der Waals surface area contributed by atoms with E-state index in [1.807, 2.05) is 0 Å². The van der Waals surface area contributed by atoms with Crippen molar-refractivity contribution in [3.63, 3.8) is 0 Å². The molecule has 0 bridgehead atoms. The molecule has 0 aliphatic rings. The lowest BCUT2D eigenvalue weighted by Crippen LogP contribution is -1.98. The van der Waals surface area contributed by atoms with Crippen LogP contribution < -0.4 is 0 Å². The molecule has 0 amide bonds. The van der Waals surface area contributed by atoms with Gasteiger partial charge in [-0.15, -0.1) is 0 Å². The minimum Gasteiger partial charge on any atom is -0.319 e. The van der Waals surface area contributed by atoms with Crippen LogP contribution in [0, 0.1) is 0 Å². The van der Waals surface area contributed by atoms with Crippen molar-refractivity contribution < 1.29 is 9.78 Å². The second-order valence-corrected chi connectivity index (χ2v) is 6.85. The summed E-state index contributed by atoms with van der Waals surface area (Å²) in [6, 6.07) is 0. The molecule has 0 radical (unpaired) electrons. The fraction of sp³-hybridized carbons (Fsp3) is 0.941. The Balaban J connectivity index is 2.95. The first kappa shape index (κ1) is 21.2. The predicted octanol–water partition coefficient (Wildman–Crippen LogP) is 6.63. The van der Waals surface area contributed by atoms with Crippen molar-refractivity contribution in [2.75, 3.05) is 6.61 Å². The molecule has 0 spiro atoms. The zero-order chi connectivity index (χ0) is 15.6. The maximum Gasteiger partial charge on any atom is 0.260 e. The summed E-state index contributed by atoms with van der Waals surface area (Å²) < 4.78 is 0.153. The molecule has 126 valence electrons. The van der Waals surface area contributed by atoms with E-state index in [2.05, 4.69) is 36.7 Å². The Morgan fingerprint density at radius 1 is 0.714 bits per heavy atom. The first-order valence-corrected chi connectivity index (χ1v) is 9.65. The molecule has 0 aliphatic carbocycles. The van der Waals surface area contributed by atoms with Gasteiger partial charge < -0.3 is 4.89 Å². The maximum atomic E-state index is 4.88. The van der Waals surface area contributed by atoms with Crippen LogP contribution in [0.3, 0.4) is 0 Å². The smallest absolute Gasteiger partial charge is 0.260 e. The molecule has 4 heteroatoms. The van der Waals surface area contributed by atoms with E-state index in [9.17, 15) is 0 Å². The quantitative estimate of drug-likeness (QED) is 0.112. The minimum atomic E-state index is 0.153. The van der Waals surface area contributed by atoms with Crippen molar-refractivity contribution in [3.8, 4) is 0 Å². The molecule has 2 nitrogen and oxygen atoms in total. The van der Waals surface area contributed by atoms with Crippen LogP contribution >= 0.6 is 24.8 Å². The van der Waals surface area contributed by atoms with E-state index in [0.717, 1.165) is 6.42 Å². The molecule has 0 aromatic carbocycles. The fourth-order valence-corrected chi connectivity index (χ4v) is 2.55.